The van der Waals surface area contributed by atoms with E-state index < -0.39 is 0 Å². The predicted octanol–water partition coefficient (Wildman–Crippen LogP) is 4.62. The summed E-state index contributed by atoms with van der Waals surface area (Å²) in [6.07, 6.45) is 6.33. The summed E-state index contributed by atoms with van der Waals surface area (Å²) >= 11 is 1.65. The first kappa shape index (κ1) is 13.2. The van der Waals surface area contributed by atoms with Crippen LogP contribution >= 0.6 is 11.3 Å². The maximum Gasteiger partial charge on any atom is 0.125 e. The molecule has 22 heavy (non-hydrogen) atoms. The number of aromatic nitrogens is 2. The highest BCUT2D eigenvalue weighted by Crippen LogP contribution is 2.44. The first-order chi connectivity index (χ1) is 10.8. The van der Waals surface area contributed by atoms with E-state index in [1.807, 2.05) is 36.7 Å². The van der Waals surface area contributed by atoms with Gasteiger partial charge >= 0.3 is 0 Å². The van der Waals surface area contributed by atoms with Crippen LogP contribution in [0.4, 0.5) is 0 Å². The van der Waals surface area contributed by atoms with Crippen molar-refractivity contribution >= 4 is 11.3 Å². The van der Waals surface area contributed by atoms with Gasteiger partial charge in [-0.15, -0.1) is 11.3 Å². The highest BCUT2D eigenvalue weighted by atomic mass is 32.1. The van der Waals surface area contributed by atoms with E-state index in [-0.39, 0.29) is 0 Å². The van der Waals surface area contributed by atoms with Crippen molar-refractivity contribution in [2.45, 2.75) is 18.8 Å². The van der Waals surface area contributed by atoms with Crippen molar-refractivity contribution in [2.75, 3.05) is 0 Å². The molecule has 106 valence electrons. The number of thiazole rings is 1. The fraction of sp³-hybridized carbons (Fsp3) is 0.167. The van der Waals surface area contributed by atoms with Gasteiger partial charge in [0.05, 0.1) is 17.3 Å². The first-order valence-electron chi connectivity index (χ1n) is 7.25. The number of hydrogen-bond acceptors (Lipinski definition) is 4. The molecule has 1 aromatic carbocycles. The zero-order valence-electron chi connectivity index (χ0n) is 11.9. The molecule has 1 aliphatic carbocycles. The molecular formula is C18H13N3S. The Kier molecular flexibility index (Phi) is 3.21. The summed E-state index contributed by atoms with van der Waals surface area (Å²) in [7, 11) is 0. The molecule has 0 atom stereocenters. The molecule has 0 bridgehead atoms. The van der Waals surface area contributed by atoms with E-state index >= 15 is 0 Å². The van der Waals surface area contributed by atoms with Gasteiger partial charge in [-0.05, 0) is 42.5 Å². The maximum atomic E-state index is 8.87. The molecule has 0 N–H and O–H groups in total. The second-order valence-corrected chi connectivity index (χ2v) is 6.32. The van der Waals surface area contributed by atoms with E-state index in [2.05, 4.69) is 22.5 Å². The fourth-order valence-corrected chi connectivity index (χ4v) is 3.44. The summed E-state index contributed by atoms with van der Waals surface area (Å²) < 4.78 is 0. The number of nitriles is 1. The topological polar surface area (TPSA) is 49.6 Å². The third kappa shape index (κ3) is 2.40. The van der Waals surface area contributed by atoms with E-state index in [1.54, 1.807) is 11.3 Å². The molecule has 1 fully saturated rings. The molecule has 0 radical (unpaired) electrons. The van der Waals surface area contributed by atoms with Gasteiger partial charge in [-0.3, -0.25) is 4.98 Å². The first-order valence-corrected chi connectivity index (χ1v) is 8.13. The van der Waals surface area contributed by atoms with E-state index in [0.717, 1.165) is 21.8 Å². The monoisotopic (exact) mass is 303 g/mol. The van der Waals surface area contributed by atoms with Crippen LogP contribution in [0.5, 0.6) is 0 Å². The molecule has 2 heterocycles. The minimum absolute atomic E-state index is 0.669. The van der Waals surface area contributed by atoms with Gasteiger partial charge in [0.15, 0.2) is 0 Å². The quantitative estimate of drug-likeness (QED) is 0.709. The van der Waals surface area contributed by atoms with Crippen molar-refractivity contribution in [1.29, 1.82) is 5.26 Å². The molecule has 3 aromatic rings. The summed E-state index contributed by atoms with van der Waals surface area (Å²) in [5.74, 6) is 0.681. The molecule has 3 nitrogen and oxygen atoms in total. The molecule has 0 unspecified atom stereocenters. The molecular weight excluding hydrogens is 290 g/mol. The Morgan fingerprint density at radius 3 is 2.68 bits per heavy atom. The van der Waals surface area contributed by atoms with Crippen molar-refractivity contribution in [3.8, 4) is 27.9 Å². The van der Waals surface area contributed by atoms with Gasteiger partial charge < -0.3 is 0 Å². The standard InChI is InChI=1S/C18H13N3S/c19-9-12-1-3-14(4-2-12)17-11-22-18(21-17)16-10-20-8-7-15(16)13-5-6-13/h1-4,7-8,10-11,13H,5-6H2. The minimum atomic E-state index is 0.669. The smallest absolute Gasteiger partial charge is 0.125 e. The summed E-state index contributed by atoms with van der Waals surface area (Å²) in [6, 6.07) is 11.8. The highest BCUT2D eigenvalue weighted by molar-refractivity contribution is 7.13. The molecule has 1 saturated carbocycles. The number of pyridine rings is 1. The molecule has 0 aliphatic heterocycles. The van der Waals surface area contributed by atoms with Crippen molar-refractivity contribution in [2.24, 2.45) is 0 Å². The SMILES string of the molecule is N#Cc1ccc(-c2csc(-c3cnccc3C3CC3)n2)cc1. The van der Waals surface area contributed by atoms with Gasteiger partial charge in [0.2, 0.25) is 0 Å². The molecule has 4 rings (SSSR count). The minimum Gasteiger partial charge on any atom is -0.264 e. The number of hydrogen-bond donors (Lipinski definition) is 0. The van der Waals surface area contributed by atoms with Crippen molar-refractivity contribution in [3.05, 3.63) is 59.2 Å². The van der Waals surface area contributed by atoms with Crippen LogP contribution in [0.25, 0.3) is 21.8 Å². The lowest BCUT2D eigenvalue weighted by atomic mass is 10.1. The summed E-state index contributed by atoms with van der Waals surface area (Å²) in [5, 5.41) is 12.0. The van der Waals surface area contributed by atoms with Crippen LogP contribution in [0.2, 0.25) is 0 Å². The lowest BCUT2D eigenvalue weighted by Gasteiger charge is -2.04. The van der Waals surface area contributed by atoms with Crippen LogP contribution in [0.3, 0.4) is 0 Å². The molecule has 1 aliphatic rings. The number of nitrogens with zero attached hydrogens (tertiary/aromatic N) is 3. The van der Waals surface area contributed by atoms with Crippen LogP contribution in [0.15, 0.2) is 48.1 Å². The van der Waals surface area contributed by atoms with Gasteiger partial charge in [0, 0.05) is 28.9 Å². The molecule has 2 aromatic heterocycles. The van der Waals surface area contributed by atoms with Crippen LogP contribution in [-0.2, 0) is 0 Å². The van der Waals surface area contributed by atoms with Gasteiger partial charge in [-0.2, -0.15) is 5.26 Å². The number of rotatable bonds is 3. The molecule has 0 saturated heterocycles. The van der Waals surface area contributed by atoms with Crippen LogP contribution in [0, 0.1) is 11.3 Å². The van der Waals surface area contributed by atoms with Crippen molar-refractivity contribution < 1.29 is 0 Å². The summed E-state index contributed by atoms with van der Waals surface area (Å²) in [5.41, 5.74) is 5.20. The molecule has 0 spiro atoms. The third-order valence-electron chi connectivity index (χ3n) is 3.92. The van der Waals surface area contributed by atoms with E-state index in [1.165, 1.54) is 18.4 Å². The van der Waals surface area contributed by atoms with E-state index in [0.29, 0.717) is 11.5 Å². The van der Waals surface area contributed by atoms with Crippen LogP contribution in [-0.4, -0.2) is 9.97 Å². The van der Waals surface area contributed by atoms with Crippen molar-refractivity contribution in [1.82, 2.24) is 9.97 Å². The Balaban J connectivity index is 1.71. The van der Waals surface area contributed by atoms with E-state index in [4.69, 9.17) is 10.2 Å². The predicted molar refractivity (Wildman–Crippen MR) is 87.5 cm³/mol. The normalized spacial score (nSPS) is 13.8. The molecule has 0 amide bonds. The Hall–Kier alpha value is -2.51. The second-order valence-electron chi connectivity index (χ2n) is 5.46. The zero-order valence-corrected chi connectivity index (χ0v) is 12.7. The zero-order chi connectivity index (χ0) is 14.9. The van der Waals surface area contributed by atoms with Gasteiger partial charge in [0.25, 0.3) is 0 Å². The lowest BCUT2D eigenvalue weighted by molar-refractivity contribution is 1.11. The Morgan fingerprint density at radius 1 is 1.14 bits per heavy atom. The average Bonchev–Trinajstić information content (AvgIpc) is 3.32. The molecule has 4 heteroatoms. The summed E-state index contributed by atoms with van der Waals surface area (Å²) in [4.78, 5) is 9.04. The van der Waals surface area contributed by atoms with E-state index in [9.17, 15) is 0 Å². The second kappa shape index (κ2) is 5.36. The van der Waals surface area contributed by atoms with Gasteiger partial charge in [-0.25, -0.2) is 4.98 Å². The van der Waals surface area contributed by atoms with Gasteiger partial charge in [0.1, 0.15) is 5.01 Å². The van der Waals surface area contributed by atoms with Crippen LogP contribution in [0.1, 0.15) is 29.9 Å². The Bertz CT molecular complexity index is 855. The Morgan fingerprint density at radius 2 is 1.95 bits per heavy atom. The lowest BCUT2D eigenvalue weighted by Crippen LogP contribution is -1.88. The van der Waals surface area contributed by atoms with Gasteiger partial charge in [-0.1, -0.05) is 12.1 Å². The maximum absolute atomic E-state index is 8.87. The van der Waals surface area contributed by atoms with Crippen molar-refractivity contribution in [3.63, 3.8) is 0 Å². The van der Waals surface area contributed by atoms with Crippen LogP contribution < -0.4 is 0 Å². The third-order valence-corrected chi connectivity index (χ3v) is 4.79. The number of benzene rings is 1. The Labute approximate surface area is 132 Å². The largest absolute Gasteiger partial charge is 0.264 e. The summed E-state index contributed by atoms with van der Waals surface area (Å²) in [6.45, 7) is 0. The average molecular weight is 303 g/mol. The fourth-order valence-electron chi connectivity index (χ4n) is 2.58. The highest BCUT2D eigenvalue weighted by Gasteiger charge is 2.27.